The summed E-state index contributed by atoms with van der Waals surface area (Å²) in [7, 11) is 0. The molecular formula is C16H21ClN4O2S. The van der Waals surface area contributed by atoms with Gasteiger partial charge in [-0.05, 0) is 26.0 Å². The van der Waals surface area contributed by atoms with Gasteiger partial charge in [0.15, 0.2) is 0 Å². The molecule has 0 saturated carbocycles. The molecule has 0 unspecified atom stereocenters. The second-order valence-electron chi connectivity index (χ2n) is 5.49. The molecule has 2 aromatic heterocycles. The number of hydrogen-bond acceptors (Lipinski definition) is 6. The number of amides is 1. The molecule has 3 heterocycles. The first-order valence-electron chi connectivity index (χ1n) is 7.66. The van der Waals surface area contributed by atoms with Crippen LogP contribution >= 0.6 is 24.2 Å². The lowest BCUT2D eigenvalue weighted by Gasteiger charge is -2.27. The molecule has 1 aliphatic rings. The van der Waals surface area contributed by atoms with Gasteiger partial charge in [0.05, 0.1) is 11.3 Å². The highest BCUT2D eigenvalue weighted by atomic mass is 35.5. The first kappa shape index (κ1) is 18.8. The minimum atomic E-state index is 0. The molecule has 3 rings (SSSR count). The van der Waals surface area contributed by atoms with E-state index in [-0.39, 0.29) is 18.3 Å². The van der Waals surface area contributed by atoms with Gasteiger partial charge in [0, 0.05) is 43.7 Å². The van der Waals surface area contributed by atoms with Crippen molar-refractivity contribution in [2.45, 2.75) is 24.6 Å². The third kappa shape index (κ3) is 4.09. The summed E-state index contributed by atoms with van der Waals surface area (Å²) >= 11 is 1.55. The Kier molecular flexibility index (Phi) is 6.65. The molecule has 6 nitrogen and oxygen atoms in total. The monoisotopic (exact) mass is 368 g/mol. The van der Waals surface area contributed by atoms with Crippen LogP contribution in [0.1, 0.15) is 27.4 Å². The van der Waals surface area contributed by atoms with Crippen molar-refractivity contribution in [1.82, 2.24) is 20.4 Å². The number of pyridine rings is 1. The van der Waals surface area contributed by atoms with Gasteiger partial charge in [0.1, 0.15) is 10.8 Å². The molecular weight excluding hydrogens is 348 g/mol. The maximum absolute atomic E-state index is 12.7. The van der Waals surface area contributed by atoms with Crippen LogP contribution in [0.15, 0.2) is 27.9 Å². The van der Waals surface area contributed by atoms with E-state index in [4.69, 9.17) is 4.52 Å². The summed E-state index contributed by atoms with van der Waals surface area (Å²) < 4.78 is 5.19. The summed E-state index contributed by atoms with van der Waals surface area (Å²) in [6.45, 7) is 6.99. The third-order valence-electron chi connectivity index (χ3n) is 3.94. The van der Waals surface area contributed by atoms with Crippen molar-refractivity contribution in [1.29, 1.82) is 0 Å². The minimum absolute atomic E-state index is 0. The normalized spacial score (nSPS) is 14.3. The summed E-state index contributed by atoms with van der Waals surface area (Å²) in [5.74, 6) is 1.57. The second kappa shape index (κ2) is 8.50. The van der Waals surface area contributed by atoms with Gasteiger partial charge in [-0.25, -0.2) is 4.98 Å². The zero-order valence-electron chi connectivity index (χ0n) is 13.7. The molecule has 0 aliphatic carbocycles. The molecule has 8 heteroatoms. The molecule has 1 saturated heterocycles. The molecule has 2 aromatic rings. The molecule has 0 bridgehead atoms. The Hall–Kier alpha value is -1.57. The highest BCUT2D eigenvalue weighted by molar-refractivity contribution is 7.98. The van der Waals surface area contributed by atoms with Crippen molar-refractivity contribution in [2.75, 3.05) is 26.2 Å². The van der Waals surface area contributed by atoms with Gasteiger partial charge >= 0.3 is 0 Å². The maximum Gasteiger partial charge on any atom is 0.256 e. The summed E-state index contributed by atoms with van der Waals surface area (Å²) in [6.07, 6.45) is 1.73. The predicted molar refractivity (Wildman–Crippen MR) is 95.8 cm³/mol. The number of thioether (sulfide) groups is 1. The Morgan fingerprint density at radius 2 is 2.12 bits per heavy atom. The number of halogens is 1. The number of carbonyl (C=O) groups is 1. The predicted octanol–water partition coefficient (Wildman–Crippen LogP) is 2.45. The fourth-order valence-electron chi connectivity index (χ4n) is 2.56. The average molecular weight is 369 g/mol. The zero-order valence-corrected chi connectivity index (χ0v) is 15.4. The molecule has 1 aliphatic heterocycles. The van der Waals surface area contributed by atoms with Gasteiger partial charge < -0.3 is 14.7 Å². The van der Waals surface area contributed by atoms with Gasteiger partial charge in [-0.2, -0.15) is 0 Å². The van der Waals surface area contributed by atoms with Gasteiger partial charge in [-0.15, -0.1) is 24.2 Å². The van der Waals surface area contributed by atoms with Gasteiger partial charge in [0.25, 0.3) is 5.91 Å². The number of rotatable bonds is 4. The number of nitrogens with zero attached hydrogens (tertiary/aromatic N) is 3. The Balaban J connectivity index is 0.00000208. The molecule has 0 spiro atoms. The van der Waals surface area contributed by atoms with Crippen LogP contribution in [0.25, 0.3) is 0 Å². The molecule has 1 amide bonds. The molecule has 0 aromatic carbocycles. The van der Waals surface area contributed by atoms with E-state index in [0.717, 1.165) is 48.2 Å². The van der Waals surface area contributed by atoms with Crippen LogP contribution in [0.5, 0.6) is 0 Å². The van der Waals surface area contributed by atoms with E-state index in [2.05, 4.69) is 15.5 Å². The smallest absolute Gasteiger partial charge is 0.256 e. The van der Waals surface area contributed by atoms with Crippen LogP contribution in [0.4, 0.5) is 0 Å². The van der Waals surface area contributed by atoms with Gasteiger partial charge in [-0.1, -0.05) is 5.16 Å². The van der Waals surface area contributed by atoms with E-state index in [0.29, 0.717) is 11.3 Å². The van der Waals surface area contributed by atoms with Crippen molar-refractivity contribution in [2.24, 2.45) is 0 Å². The highest BCUT2D eigenvalue weighted by Crippen LogP contribution is 2.27. The van der Waals surface area contributed by atoms with Gasteiger partial charge in [0.2, 0.25) is 0 Å². The van der Waals surface area contributed by atoms with Crippen molar-refractivity contribution in [3.63, 3.8) is 0 Å². The SMILES string of the molecule is Cc1noc(C)c1CSc1ncccc1C(=O)N1CCNCC1.Cl. The van der Waals surface area contributed by atoms with Crippen LogP contribution < -0.4 is 5.32 Å². The van der Waals surface area contributed by atoms with Crippen molar-refractivity contribution >= 4 is 30.1 Å². The lowest BCUT2D eigenvalue weighted by molar-refractivity contribution is 0.0731. The van der Waals surface area contributed by atoms with E-state index in [1.54, 1.807) is 18.0 Å². The first-order valence-corrected chi connectivity index (χ1v) is 8.65. The lowest BCUT2D eigenvalue weighted by Crippen LogP contribution is -2.46. The highest BCUT2D eigenvalue weighted by Gasteiger charge is 2.21. The standard InChI is InChI=1S/C16H20N4O2S.ClH/c1-11-14(12(2)22-19-11)10-23-15-13(4-3-5-18-15)16(21)20-8-6-17-7-9-20;/h3-5,17H,6-10H2,1-2H3;1H. The van der Waals surface area contributed by atoms with Crippen molar-refractivity contribution in [3.8, 4) is 0 Å². The van der Waals surface area contributed by atoms with Crippen molar-refractivity contribution < 1.29 is 9.32 Å². The average Bonchev–Trinajstić information content (AvgIpc) is 2.92. The van der Waals surface area contributed by atoms with E-state index < -0.39 is 0 Å². The first-order chi connectivity index (χ1) is 11.2. The molecule has 1 fully saturated rings. The summed E-state index contributed by atoms with van der Waals surface area (Å²) in [6, 6.07) is 3.67. The fraction of sp³-hybridized carbons (Fsp3) is 0.438. The number of hydrogen-bond donors (Lipinski definition) is 1. The van der Waals surface area contributed by atoms with Gasteiger partial charge in [-0.3, -0.25) is 4.79 Å². The molecule has 24 heavy (non-hydrogen) atoms. The molecule has 0 atom stereocenters. The lowest BCUT2D eigenvalue weighted by atomic mass is 10.2. The summed E-state index contributed by atoms with van der Waals surface area (Å²) in [5, 5.41) is 7.99. The second-order valence-corrected chi connectivity index (χ2v) is 6.45. The van der Waals surface area contributed by atoms with E-state index >= 15 is 0 Å². The molecule has 1 N–H and O–H groups in total. The molecule has 130 valence electrons. The fourth-order valence-corrected chi connectivity index (χ4v) is 3.69. The maximum atomic E-state index is 12.7. The Bertz CT molecular complexity index is 682. The van der Waals surface area contributed by atoms with E-state index in [1.807, 2.05) is 30.9 Å². The number of carbonyl (C=O) groups excluding carboxylic acids is 1. The van der Waals surface area contributed by atoms with Crippen molar-refractivity contribution in [3.05, 3.63) is 40.9 Å². The van der Waals surface area contributed by atoms with Crippen LogP contribution in [0.3, 0.4) is 0 Å². The minimum Gasteiger partial charge on any atom is -0.361 e. The largest absolute Gasteiger partial charge is 0.361 e. The summed E-state index contributed by atoms with van der Waals surface area (Å²) in [5.41, 5.74) is 2.63. The van der Waals surface area contributed by atoms with E-state index in [1.165, 1.54) is 0 Å². The Morgan fingerprint density at radius 1 is 1.38 bits per heavy atom. The quantitative estimate of drug-likeness (QED) is 0.836. The summed E-state index contributed by atoms with van der Waals surface area (Å²) in [4.78, 5) is 19.0. The van der Waals surface area contributed by atoms with Crippen LogP contribution in [-0.4, -0.2) is 47.1 Å². The third-order valence-corrected chi connectivity index (χ3v) is 4.97. The van der Waals surface area contributed by atoms with Crippen LogP contribution in [0.2, 0.25) is 0 Å². The number of nitrogens with one attached hydrogen (secondary N) is 1. The number of piperazine rings is 1. The topological polar surface area (TPSA) is 71.3 Å². The van der Waals surface area contributed by atoms with Crippen LogP contribution in [-0.2, 0) is 5.75 Å². The Labute approximate surface area is 151 Å². The van der Waals surface area contributed by atoms with Crippen LogP contribution in [0, 0.1) is 13.8 Å². The number of aromatic nitrogens is 2. The zero-order chi connectivity index (χ0) is 16.2. The molecule has 0 radical (unpaired) electrons. The van der Waals surface area contributed by atoms with E-state index in [9.17, 15) is 4.79 Å². The number of aryl methyl sites for hydroxylation is 2. The Morgan fingerprint density at radius 3 is 2.79 bits per heavy atom.